The van der Waals surface area contributed by atoms with E-state index in [1.54, 1.807) is 0 Å². The van der Waals surface area contributed by atoms with E-state index >= 15 is 0 Å². The fraction of sp³-hybridized carbons (Fsp3) is 0.533. The number of rotatable bonds is 3. The van der Waals surface area contributed by atoms with Crippen LogP contribution in [-0.2, 0) is 0 Å². The number of amides is 2. The zero-order valence-corrected chi connectivity index (χ0v) is 11.6. The predicted octanol–water partition coefficient (Wildman–Crippen LogP) is 3.68. The van der Waals surface area contributed by atoms with Crippen LogP contribution in [0.2, 0.25) is 0 Å². The van der Waals surface area contributed by atoms with Gasteiger partial charge in [0.25, 0.3) is 0 Å². The molecule has 1 aliphatic carbocycles. The number of benzene rings is 1. The molecular formula is C15H20F2N2O. The number of anilines is 1. The van der Waals surface area contributed by atoms with Gasteiger partial charge in [-0.1, -0.05) is 19.8 Å². The third-order valence-electron chi connectivity index (χ3n) is 4.06. The van der Waals surface area contributed by atoms with Crippen molar-refractivity contribution in [1.82, 2.24) is 0 Å². The largest absolute Gasteiger partial charge is 0.351 e. The van der Waals surface area contributed by atoms with E-state index < -0.39 is 17.7 Å². The van der Waals surface area contributed by atoms with E-state index in [-0.39, 0.29) is 0 Å². The van der Waals surface area contributed by atoms with Gasteiger partial charge in [-0.2, -0.15) is 0 Å². The molecule has 110 valence electrons. The minimum Gasteiger partial charge on any atom is -0.351 e. The van der Waals surface area contributed by atoms with Crippen LogP contribution in [0, 0.1) is 23.5 Å². The third-order valence-corrected chi connectivity index (χ3v) is 4.06. The van der Waals surface area contributed by atoms with Crippen molar-refractivity contribution in [2.24, 2.45) is 17.6 Å². The van der Waals surface area contributed by atoms with Gasteiger partial charge in [-0.25, -0.2) is 13.6 Å². The van der Waals surface area contributed by atoms with Gasteiger partial charge < -0.3 is 5.73 Å². The summed E-state index contributed by atoms with van der Waals surface area (Å²) in [6, 6.07) is 2.79. The second-order valence-corrected chi connectivity index (χ2v) is 5.67. The van der Waals surface area contributed by atoms with Crippen LogP contribution in [-0.4, -0.2) is 12.6 Å². The second-order valence-electron chi connectivity index (χ2n) is 5.67. The summed E-state index contributed by atoms with van der Waals surface area (Å²) in [4.78, 5) is 12.9. The summed E-state index contributed by atoms with van der Waals surface area (Å²) in [7, 11) is 0. The predicted molar refractivity (Wildman–Crippen MR) is 74.4 cm³/mol. The summed E-state index contributed by atoms with van der Waals surface area (Å²) >= 11 is 0. The molecule has 2 amide bonds. The van der Waals surface area contributed by atoms with Crippen molar-refractivity contribution in [3.63, 3.8) is 0 Å². The zero-order valence-electron chi connectivity index (χ0n) is 11.6. The fourth-order valence-electron chi connectivity index (χ4n) is 2.75. The standard InChI is InChI=1S/C15H20F2N2O/c1-10-2-4-11(5-3-10)9-19(15(18)20)12-6-7-13(16)14(17)8-12/h6-8,10-11H,2-5,9H2,1H3,(H2,18,20)/t10-,11-. The maximum Gasteiger partial charge on any atom is 0.319 e. The van der Waals surface area contributed by atoms with Gasteiger partial charge in [0, 0.05) is 18.3 Å². The molecule has 0 spiro atoms. The first-order valence-electron chi connectivity index (χ1n) is 6.99. The summed E-state index contributed by atoms with van der Waals surface area (Å²) in [5.74, 6) is -0.806. The average Bonchev–Trinajstić information content (AvgIpc) is 2.41. The summed E-state index contributed by atoms with van der Waals surface area (Å²) in [5, 5.41) is 0. The highest BCUT2D eigenvalue weighted by Crippen LogP contribution is 2.30. The first-order valence-corrected chi connectivity index (χ1v) is 6.99. The van der Waals surface area contributed by atoms with E-state index in [2.05, 4.69) is 6.92 Å². The Bertz CT molecular complexity index is 485. The number of carbonyl (C=O) groups excluding carboxylic acids is 1. The molecule has 1 saturated carbocycles. The normalized spacial score (nSPS) is 22.6. The molecule has 0 radical (unpaired) electrons. The molecule has 2 rings (SSSR count). The Hall–Kier alpha value is -1.65. The Morgan fingerprint density at radius 1 is 1.25 bits per heavy atom. The van der Waals surface area contributed by atoms with E-state index in [0.717, 1.165) is 43.7 Å². The van der Waals surface area contributed by atoms with Crippen LogP contribution in [0.3, 0.4) is 0 Å². The molecule has 1 aromatic carbocycles. The minimum atomic E-state index is -0.967. The second kappa shape index (κ2) is 6.20. The van der Waals surface area contributed by atoms with Crippen molar-refractivity contribution in [1.29, 1.82) is 0 Å². The topological polar surface area (TPSA) is 46.3 Å². The highest BCUT2D eigenvalue weighted by molar-refractivity contribution is 5.90. The van der Waals surface area contributed by atoms with Crippen molar-refractivity contribution in [2.45, 2.75) is 32.6 Å². The lowest BCUT2D eigenvalue weighted by atomic mass is 9.83. The molecule has 0 saturated heterocycles. The van der Waals surface area contributed by atoms with Gasteiger partial charge in [-0.15, -0.1) is 0 Å². The Balaban J connectivity index is 2.10. The third kappa shape index (κ3) is 3.46. The monoisotopic (exact) mass is 282 g/mol. The molecule has 0 aromatic heterocycles. The molecule has 1 aliphatic rings. The van der Waals surface area contributed by atoms with Gasteiger partial charge in [-0.05, 0) is 36.8 Å². The molecule has 0 unspecified atom stereocenters. The van der Waals surface area contributed by atoms with Crippen molar-refractivity contribution >= 4 is 11.7 Å². The number of urea groups is 1. The first-order chi connectivity index (χ1) is 9.47. The van der Waals surface area contributed by atoms with Crippen LogP contribution in [0.15, 0.2) is 18.2 Å². The van der Waals surface area contributed by atoms with Crippen molar-refractivity contribution < 1.29 is 13.6 Å². The molecule has 1 aromatic rings. The lowest BCUT2D eigenvalue weighted by Gasteiger charge is -2.31. The van der Waals surface area contributed by atoms with E-state index in [1.165, 1.54) is 11.0 Å². The molecular weight excluding hydrogens is 262 g/mol. The molecule has 0 aliphatic heterocycles. The fourth-order valence-corrected chi connectivity index (χ4v) is 2.75. The van der Waals surface area contributed by atoms with Crippen molar-refractivity contribution in [2.75, 3.05) is 11.4 Å². The SMILES string of the molecule is C[C@H]1CC[C@H](CN(C(N)=O)c2ccc(F)c(F)c2)CC1. The van der Waals surface area contributed by atoms with E-state index in [1.807, 2.05) is 0 Å². The smallest absolute Gasteiger partial charge is 0.319 e. The number of hydrogen-bond acceptors (Lipinski definition) is 1. The number of carbonyl (C=O) groups is 1. The Labute approximate surface area is 117 Å². The molecule has 0 heterocycles. The Kier molecular flexibility index (Phi) is 4.57. The van der Waals surface area contributed by atoms with Crippen molar-refractivity contribution in [3.05, 3.63) is 29.8 Å². The van der Waals surface area contributed by atoms with Gasteiger partial charge >= 0.3 is 6.03 Å². The van der Waals surface area contributed by atoms with Crippen LogP contribution in [0.5, 0.6) is 0 Å². The number of nitrogens with zero attached hydrogens (tertiary/aromatic N) is 1. The molecule has 2 N–H and O–H groups in total. The number of hydrogen-bond donors (Lipinski definition) is 1. The average molecular weight is 282 g/mol. The summed E-state index contributed by atoms with van der Waals surface area (Å²) in [5.41, 5.74) is 5.69. The van der Waals surface area contributed by atoms with Gasteiger partial charge in [0.1, 0.15) is 0 Å². The summed E-state index contributed by atoms with van der Waals surface area (Å²) < 4.78 is 26.2. The molecule has 20 heavy (non-hydrogen) atoms. The molecule has 3 nitrogen and oxygen atoms in total. The maximum absolute atomic E-state index is 13.3. The van der Waals surface area contributed by atoms with Crippen molar-refractivity contribution in [3.8, 4) is 0 Å². The van der Waals surface area contributed by atoms with Crippen LogP contribution in [0.4, 0.5) is 19.3 Å². The quantitative estimate of drug-likeness (QED) is 0.903. The van der Waals surface area contributed by atoms with Crippen LogP contribution >= 0.6 is 0 Å². The van der Waals surface area contributed by atoms with Gasteiger partial charge in [0.15, 0.2) is 11.6 Å². The number of halogens is 2. The van der Waals surface area contributed by atoms with Crippen LogP contribution < -0.4 is 10.6 Å². The summed E-state index contributed by atoms with van der Waals surface area (Å²) in [6.45, 7) is 2.69. The van der Waals surface area contributed by atoms with Crippen LogP contribution in [0.1, 0.15) is 32.6 Å². The van der Waals surface area contributed by atoms with Gasteiger partial charge in [-0.3, -0.25) is 4.90 Å². The lowest BCUT2D eigenvalue weighted by Crippen LogP contribution is -2.40. The van der Waals surface area contributed by atoms with E-state index in [0.29, 0.717) is 18.2 Å². The van der Waals surface area contributed by atoms with Gasteiger partial charge in [0.2, 0.25) is 0 Å². The zero-order chi connectivity index (χ0) is 14.7. The highest BCUT2D eigenvalue weighted by Gasteiger charge is 2.23. The molecule has 0 atom stereocenters. The lowest BCUT2D eigenvalue weighted by molar-refractivity contribution is 0.248. The number of primary amides is 1. The Morgan fingerprint density at radius 2 is 1.90 bits per heavy atom. The van der Waals surface area contributed by atoms with E-state index in [9.17, 15) is 13.6 Å². The maximum atomic E-state index is 13.3. The Morgan fingerprint density at radius 3 is 2.45 bits per heavy atom. The molecule has 5 heteroatoms. The highest BCUT2D eigenvalue weighted by atomic mass is 19.2. The molecule has 0 bridgehead atoms. The first kappa shape index (κ1) is 14.8. The summed E-state index contributed by atoms with van der Waals surface area (Å²) in [6.07, 6.45) is 4.34. The minimum absolute atomic E-state index is 0.315. The number of nitrogens with two attached hydrogens (primary N) is 1. The van der Waals surface area contributed by atoms with Gasteiger partial charge in [0.05, 0.1) is 0 Å². The van der Waals surface area contributed by atoms with Crippen LogP contribution in [0.25, 0.3) is 0 Å². The van der Waals surface area contributed by atoms with E-state index in [4.69, 9.17) is 5.73 Å². The molecule has 1 fully saturated rings.